The molecule has 9 heteroatoms. The molecule has 9 nitrogen and oxygen atoms in total. The van der Waals surface area contributed by atoms with Gasteiger partial charge in [-0.3, -0.25) is 14.2 Å². The Balaban J connectivity index is 1.64. The molecule has 4 heterocycles. The van der Waals surface area contributed by atoms with E-state index in [1.54, 1.807) is 25.4 Å². The minimum Gasteiger partial charge on any atom is -0.341 e. The maximum Gasteiger partial charge on any atom is 0.318 e. The average molecular weight is 363 g/mol. The molecular formula is C18H17N7O2. The number of pyridine rings is 1. The number of rotatable bonds is 2. The maximum atomic E-state index is 12.6. The van der Waals surface area contributed by atoms with Gasteiger partial charge in [0.15, 0.2) is 5.65 Å². The summed E-state index contributed by atoms with van der Waals surface area (Å²) in [6.07, 6.45) is 5.96. The zero-order valence-corrected chi connectivity index (χ0v) is 14.7. The van der Waals surface area contributed by atoms with E-state index < -0.39 is 11.1 Å². The fourth-order valence-electron chi connectivity index (χ4n) is 3.49. The quantitative estimate of drug-likeness (QED) is 0.613. The smallest absolute Gasteiger partial charge is 0.318 e. The first kappa shape index (κ1) is 16.9. The second-order valence-electron chi connectivity index (χ2n) is 6.49. The summed E-state index contributed by atoms with van der Waals surface area (Å²) in [5.74, 6) is 0.562. The van der Waals surface area contributed by atoms with Gasteiger partial charge >= 0.3 is 11.1 Å². The van der Waals surface area contributed by atoms with Gasteiger partial charge in [0.25, 0.3) is 0 Å². The van der Waals surface area contributed by atoms with Crippen molar-refractivity contribution in [2.45, 2.75) is 18.9 Å². The molecule has 0 radical (unpaired) electrons. The Morgan fingerprint density at radius 1 is 1.11 bits per heavy atom. The van der Waals surface area contributed by atoms with Crippen molar-refractivity contribution in [2.75, 3.05) is 18.0 Å². The second-order valence-corrected chi connectivity index (χ2v) is 6.49. The van der Waals surface area contributed by atoms with Crippen LogP contribution in [0.1, 0.15) is 24.4 Å². The molecular weight excluding hydrogens is 346 g/mol. The predicted octanol–water partition coefficient (Wildman–Crippen LogP) is 0.598. The van der Waals surface area contributed by atoms with Crippen molar-refractivity contribution in [1.82, 2.24) is 24.1 Å². The number of aromatic nitrogens is 5. The molecule has 0 bridgehead atoms. The van der Waals surface area contributed by atoms with Crippen LogP contribution in [0, 0.1) is 11.3 Å². The lowest BCUT2D eigenvalue weighted by atomic mass is 10.0. The van der Waals surface area contributed by atoms with E-state index >= 15 is 0 Å². The number of hydrogen-bond donors (Lipinski definition) is 0. The molecule has 1 saturated heterocycles. The van der Waals surface area contributed by atoms with Crippen molar-refractivity contribution in [3.05, 3.63) is 57.0 Å². The molecule has 1 aliphatic heterocycles. The van der Waals surface area contributed by atoms with Crippen LogP contribution in [0.25, 0.3) is 11.2 Å². The Bertz CT molecular complexity index is 1150. The van der Waals surface area contributed by atoms with Crippen LogP contribution < -0.4 is 16.0 Å². The van der Waals surface area contributed by atoms with Crippen LogP contribution in [-0.2, 0) is 7.05 Å². The first-order valence-electron chi connectivity index (χ1n) is 8.63. The lowest BCUT2D eigenvalue weighted by molar-refractivity contribution is 0.389. The topological polar surface area (TPSA) is 110 Å². The monoisotopic (exact) mass is 363 g/mol. The molecule has 0 saturated carbocycles. The van der Waals surface area contributed by atoms with Gasteiger partial charge in [0.05, 0.1) is 23.5 Å². The van der Waals surface area contributed by atoms with Gasteiger partial charge in [-0.05, 0) is 25.0 Å². The van der Waals surface area contributed by atoms with Crippen LogP contribution in [0.15, 0.2) is 40.3 Å². The van der Waals surface area contributed by atoms with Gasteiger partial charge in [-0.2, -0.15) is 5.26 Å². The van der Waals surface area contributed by atoms with Crippen molar-refractivity contribution in [1.29, 1.82) is 5.26 Å². The van der Waals surface area contributed by atoms with Crippen LogP contribution in [0.5, 0.6) is 0 Å². The van der Waals surface area contributed by atoms with E-state index in [4.69, 9.17) is 5.26 Å². The van der Waals surface area contributed by atoms with Gasteiger partial charge < -0.3 is 9.47 Å². The molecule has 3 aromatic heterocycles. The van der Waals surface area contributed by atoms with Crippen LogP contribution in [0.2, 0.25) is 0 Å². The number of nitriles is 1. The van der Waals surface area contributed by atoms with Gasteiger partial charge in [0.1, 0.15) is 6.07 Å². The predicted molar refractivity (Wildman–Crippen MR) is 98.5 cm³/mol. The van der Waals surface area contributed by atoms with Crippen molar-refractivity contribution < 1.29 is 0 Å². The third kappa shape index (κ3) is 2.85. The van der Waals surface area contributed by atoms with E-state index in [0.717, 1.165) is 0 Å². The van der Waals surface area contributed by atoms with Crippen molar-refractivity contribution in [2.24, 2.45) is 7.05 Å². The van der Waals surface area contributed by atoms with E-state index in [1.165, 1.54) is 21.5 Å². The second kappa shape index (κ2) is 6.64. The number of aryl methyl sites for hydroxylation is 1. The summed E-state index contributed by atoms with van der Waals surface area (Å²) < 4.78 is 2.88. The highest BCUT2D eigenvalue weighted by Crippen LogP contribution is 2.25. The zero-order chi connectivity index (χ0) is 19.0. The fraction of sp³-hybridized carbons (Fsp3) is 0.333. The van der Waals surface area contributed by atoms with E-state index in [2.05, 4.69) is 15.0 Å². The Labute approximate surface area is 154 Å². The largest absolute Gasteiger partial charge is 0.341 e. The summed E-state index contributed by atoms with van der Waals surface area (Å²) in [4.78, 5) is 39.8. The highest BCUT2D eigenvalue weighted by molar-refractivity contribution is 5.70. The molecule has 27 heavy (non-hydrogen) atoms. The van der Waals surface area contributed by atoms with Gasteiger partial charge in [0.2, 0.25) is 5.95 Å². The lowest BCUT2D eigenvalue weighted by Gasteiger charge is -2.33. The summed E-state index contributed by atoms with van der Waals surface area (Å²) >= 11 is 0. The molecule has 0 unspecified atom stereocenters. The van der Waals surface area contributed by atoms with Crippen LogP contribution in [0.4, 0.5) is 5.95 Å². The standard InChI is InChI=1S/C18H17N7O2/c1-23-14-3-2-6-20-15(14)25(17(27)16(23)26)13-4-7-24(8-5-13)18-21-10-12(9-19)11-22-18/h2-3,6,10-11,13H,4-5,7-8H2,1H3. The first-order chi connectivity index (χ1) is 13.1. The molecule has 0 atom stereocenters. The minimum absolute atomic E-state index is 0.113. The molecule has 0 amide bonds. The summed E-state index contributed by atoms with van der Waals surface area (Å²) in [6.45, 7) is 1.29. The summed E-state index contributed by atoms with van der Waals surface area (Å²) in [5, 5.41) is 8.84. The van der Waals surface area contributed by atoms with Crippen molar-refractivity contribution in [3.63, 3.8) is 0 Å². The molecule has 1 aliphatic rings. The third-order valence-electron chi connectivity index (χ3n) is 4.94. The maximum absolute atomic E-state index is 12.6. The Morgan fingerprint density at radius 2 is 1.81 bits per heavy atom. The van der Waals surface area contributed by atoms with E-state index in [1.807, 2.05) is 11.0 Å². The average Bonchev–Trinajstić information content (AvgIpc) is 2.73. The number of nitrogens with zero attached hydrogens (tertiary/aromatic N) is 7. The van der Waals surface area contributed by atoms with Crippen LogP contribution in [-0.4, -0.2) is 37.2 Å². The zero-order valence-electron chi connectivity index (χ0n) is 14.7. The summed E-state index contributed by atoms with van der Waals surface area (Å²) in [6, 6.07) is 5.43. The summed E-state index contributed by atoms with van der Waals surface area (Å²) in [7, 11) is 1.59. The Hall–Kier alpha value is -3.54. The van der Waals surface area contributed by atoms with Gasteiger partial charge in [0, 0.05) is 32.4 Å². The van der Waals surface area contributed by atoms with Crippen molar-refractivity contribution >= 4 is 17.1 Å². The lowest BCUT2D eigenvalue weighted by Crippen LogP contribution is -2.45. The number of piperidine rings is 1. The molecule has 0 aliphatic carbocycles. The molecule has 4 rings (SSSR count). The van der Waals surface area contributed by atoms with E-state index in [0.29, 0.717) is 48.6 Å². The van der Waals surface area contributed by atoms with Crippen LogP contribution in [0.3, 0.4) is 0 Å². The number of fused-ring (bicyclic) bond motifs is 1. The third-order valence-corrected chi connectivity index (χ3v) is 4.94. The van der Waals surface area contributed by atoms with Gasteiger partial charge in [-0.15, -0.1) is 0 Å². The van der Waals surface area contributed by atoms with Gasteiger partial charge in [-0.25, -0.2) is 15.0 Å². The number of anilines is 1. The Kier molecular flexibility index (Phi) is 4.16. The SMILES string of the molecule is Cn1c(=O)c(=O)n(C2CCN(c3ncc(C#N)cn3)CC2)c2ncccc21. The highest BCUT2D eigenvalue weighted by atomic mass is 16.2. The normalized spacial score (nSPS) is 15.0. The molecule has 0 spiro atoms. The molecule has 1 fully saturated rings. The Morgan fingerprint density at radius 3 is 2.48 bits per heavy atom. The molecule has 0 aromatic carbocycles. The molecule has 136 valence electrons. The minimum atomic E-state index is -0.548. The van der Waals surface area contributed by atoms with Crippen molar-refractivity contribution in [3.8, 4) is 6.07 Å². The van der Waals surface area contributed by atoms with E-state index in [9.17, 15) is 9.59 Å². The fourth-order valence-corrected chi connectivity index (χ4v) is 3.49. The summed E-state index contributed by atoms with van der Waals surface area (Å²) in [5.41, 5.74) is 0.487. The first-order valence-corrected chi connectivity index (χ1v) is 8.63. The van der Waals surface area contributed by atoms with Crippen LogP contribution >= 0.6 is 0 Å². The molecule has 3 aromatic rings. The number of hydrogen-bond acceptors (Lipinski definition) is 7. The molecule has 0 N–H and O–H groups in total. The highest BCUT2D eigenvalue weighted by Gasteiger charge is 2.26. The van der Waals surface area contributed by atoms with E-state index in [-0.39, 0.29) is 6.04 Å². The van der Waals surface area contributed by atoms with Gasteiger partial charge in [-0.1, -0.05) is 0 Å².